The molecule has 2 N–H and O–H groups in total. The molecule has 0 spiro atoms. The third-order valence-electron chi connectivity index (χ3n) is 2.79. The van der Waals surface area contributed by atoms with Crippen LogP contribution in [0.25, 0.3) is 0 Å². The molecule has 0 unspecified atom stereocenters. The second-order valence-electron chi connectivity index (χ2n) is 4.58. The van der Waals surface area contributed by atoms with Crippen molar-refractivity contribution in [3.8, 4) is 0 Å². The molecule has 1 aromatic rings. The van der Waals surface area contributed by atoms with E-state index in [2.05, 4.69) is 0 Å². The molecule has 0 aromatic heterocycles. The van der Waals surface area contributed by atoms with E-state index in [1.165, 1.54) is 12.1 Å². The van der Waals surface area contributed by atoms with Gasteiger partial charge in [0.2, 0.25) is 0 Å². The normalized spacial score (nSPS) is 13.8. The topological polar surface area (TPSA) is 26.0 Å². The van der Waals surface area contributed by atoms with E-state index in [0.717, 1.165) is 12.0 Å². The summed E-state index contributed by atoms with van der Waals surface area (Å²) < 4.78 is 37.8. The lowest BCUT2D eigenvalue weighted by molar-refractivity contribution is -0.137. The van der Waals surface area contributed by atoms with Crippen molar-refractivity contribution in [3.05, 3.63) is 34.9 Å². The summed E-state index contributed by atoms with van der Waals surface area (Å²) in [6.07, 6.45) is -2.80. The minimum Gasteiger partial charge on any atom is -0.330 e. The molecular formula is C13H18F3N. The Bertz CT molecular complexity index is 371. The van der Waals surface area contributed by atoms with Crippen LogP contribution in [0.2, 0.25) is 0 Å². The summed E-state index contributed by atoms with van der Waals surface area (Å²) in [5.74, 6) is 0.338. The van der Waals surface area contributed by atoms with Crippen LogP contribution in [-0.2, 0) is 12.6 Å². The first-order valence-corrected chi connectivity index (χ1v) is 5.70. The van der Waals surface area contributed by atoms with Crippen LogP contribution in [0.3, 0.4) is 0 Å². The summed E-state index contributed by atoms with van der Waals surface area (Å²) >= 11 is 0. The molecule has 0 aliphatic heterocycles. The zero-order chi connectivity index (χ0) is 13.1. The molecule has 1 atom stereocenters. The third kappa shape index (κ3) is 4.38. The maximum atomic E-state index is 12.6. The average Bonchev–Trinajstić information content (AvgIpc) is 2.24. The highest BCUT2D eigenvalue weighted by Gasteiger charge is 2.30. The minimum atomic E-state index is -4.26. The van der Waals surface area contributed by atoms with Gasteiger partial charge in [-0.3, -0.25) is 0 Å². The number of alkyl halides is 3. The van der Waals surface area contributed by atoms with Crippen LogP contribution < -0.4 is 5.73 Å². The first-order valence-electron chi connectivity index (χ1n) is 5.70. The van der Waals surface area contributed by atoms with E-state index < -0.39 is 11.7 Å². The molecule has 4 heteroatoms. The highest BCUT2D eigenvalue weighted by molar-refractivity contribution is 5.31. The van der Waals surface area contributed by atoms with Crippen LogP contribution in [0.4, 0.5) is 13.2 Å². The highest BCUT2D eigenvalue weighted by atomic mass is 19.4. The smallest absolute Gasteiger partial charge is 0.330 e. The summed E-state index contributed by atoms with van der Waals surface area (Å²) in [5, 5.41) is 0. The number of benzene rings is 1. The van der Waals surface area contributed by atoms with Crippen LogP contribution in [0.15, 0.2) is 18.2 Å². The van der Waals surface area contributed by atoms with Crippen molar-refractivity contribution in [3.63, 3.8) is 0 Å². The fourth-order valence-electron chi connectivity index (χ4n) is 1.70. The molecule has 1 aromatic carbocycles. The first-order chi connectivity index (χ1) is 7.82. The molecular weight excluding hydrogens is 227 g/mol. The third-order valence-corrected chi connectivity index (χ3v) is 2.79. The Labute approximate surface area is 99.8 Å². The van der Waals surface area contributed by atoms with Gasteiger partial charge in [0.1, 0.15) is 0 Å². The van der Waals surface area contributed by atoms with Gasteiger partial charge in [0.05, 0.1) is 5.56 Å². The Kier molecular flexibility index (Phi) is 4.57. The number of nitrogens with two attached hydrogens (primary N) is 1. The van der Waals surface area contributed by atoms with Crippen molar-refractivity contribution in [1.82, 2.24) is 0 Å². The number of hydrogen-bond acceptors (Lipinski definition) is 1. The van der Waals surface area contributed by atoms with Crippen LogP contribution in [-0.4, -0.2) is 6.54 Å². The summed E-state index contributed by atoms with van der Waals surface area (Å²) in [6, 6.07) is 4.21. The molecule has 0 fully saturated rings. The first kappa shape index (κ1) is 14.0. The molecule has 1 rings (SSSR count). The van der Waals surface area contributed by atoms with Gasteiger partial charge in [-0.1, -0.05) is 18.6 Å². The van der Waals surface area contributed by atoms with Crippen LogP contribution in [0, 0.1) is 12.8 Å². The van der Waals surface area contributed by atoms with E-state index in [-0.39, 0.29) is 0 Å². The van der Waals surface area contributed by atoms with Crippen LogP contribution >= 0.6 is 0 Å². The maximum absolute atomic E-state index is 12.6. The molecule has 0 saturated heterocycles. The van der Waals surface area contributed by atoms with Crippen molar-refractivity contribution in [1.29, 1.82) is 0 Å². The number of aryl methyl sites for hydroxylation is 2. The monoisotopic (exact) mass is 245 g/mol. The van der Waals surface area contributed by atoms with Gasteiger partial charge in [-0.15, -0.1) is 0 Å². The number of hydrogen-bond donors (Lipinski definition) is 1. The quantitative estimate of drug-likeness (QED) is 0.862. The standard InChI is InChI=1S/C13H18F3N/c1-9(8-17)3-4-11-5-10(2)6-12(7-11)13(14,15)16/h5-7,9H,3-4,8,17H2,1-2H3/t9-/m1/s1. The van der Waals surface area contributed by atoms with E-state index in [1.54, 1.807) is 13.0 Å². The molecule has 17 heavy (non-hydrogen) atoms. The van der Waals surface area contributed by atoms with Crippen molar-refractivity contribution in [2.45, 2.75) is 32.9 Å². The van der Waals surface area contributed by atoms with E-state index in [9.17, 15) is 13.2 Å². The Morgan fingerprint density at radius 1 is 1.24 bits per heavy atom. The molecule has 0 radical (unpaired) electrons. The summed E-state index contributed by atoms with van der Waals surface area (Å²) in [5.41, 5.74) is 6.31. The summed E-state index contributed by atoms with van der Waals surface area (Å²) in [6.45, 7) is 4.25. The Morgan fingerprint density at radius 2 is 1.88 bits per heavy atom. The van der Waals surface area contributed by atoms with Gasteiger partial charge < -0.3 is 5.73 Å². The molecule has 0 aliphatic rings. The molecule has 0 amide bonds. The molecule has 0 aliphatic carbocycles. The fraction of sp³-hybridized carbons (Fsp3) is 0.538. The van der Waals surface area contributed by atoms with Gasteiger partial charge in [-0.25, -0.2) is 0 Å². The van der Waals surface area contributed by atoms with Crippen molar-refractivity contribution in [2.24, 2.45) is 11.7 Å². The Morgan fingerprint density at radius 3 is 2.41 bits per heavy atom. The molecule has 0 bridgehead atoms. The van der Waals surface area contributed by atoms with Crippen LogP contribution in [0.1, 0.15) is 30.0 Å². The predicted molar refractivity (Wildman–Crippen MR) is 62.7 cm³/mol. The summed E-state index contributed by atoms with van der Waals surface area (Å²) in [4.78, 5) is 0. The lowest BCUT2D eigenvalue weighted by Crippen LogP contribution is -2.12. The van der Waals surface area contributed by atoms with Gasteiger partial charge in [0.25, 0.3) is 0 Å². The van der Waals surface area contributed by atoms with Crippen molar-refractivity contribution < 1.29 is 13.2 Å². The number of halogens is 3. The van der Waals surface area contributed by atoms with Gasteiger partial charge in [0, 0.05) is 0 Å². The van der Waals surface area contributed by atoms with Gasteiger partial charge in [-0.2, -0.15) is 13.2 Å². The number of rotatable bonds is 4. The maximum Gasteiger partial charge on any atom is 0.416 e. The molecule has 1 nitrogen and oxygen atoms in total. The SMILES string of the molecule is Cc1cc(CC[C@@H](C)CN)cc(C(F)(F)F)c1. The van der Waals surface area contributed by atoms with Gasteiger partial charge in [0.15, 0.2) is 0 Å². The van der Waals surface area contributed by atoms with E-state index >= 15 is 0 Å². The fourth-order valence-corrected chi connectivity index (χ4v) is 1.70. The zero-order valence-electron chi connectivity index (χ0n) is 10.1. The van der Waals surface area contributed by atoms with Gasteiger partial charge in [-0.05, 0) is 49.9 Å². The van der Waals surface area contributed by atoms with Crippen molar-refractivity contribution in [2.75, 3.05) is 6.54 Å². The van der Waals surface area contributed by atoms with E-state index in [0.29, 0.717) is 24.4 Å². The van der Waals surface area contributed by atoms with E-state index in [4.69, 9.17) is 5.73 Å². The molecule has 0 heterocycles. The predicted octanol–water partition coefficient (Wildman–Crippen LogP) is 3.54. The van der Waals surface area contributed by atoms with E-state index in [1.807, 2.05) is 6.92 Å². The zero-order valence-corrected chi connectivity index (χ0v) is 10.1. The second-order valence-corrected chi connectivity index (χ2v) is 4.58. The average molecular weight is 245 g/mol. The lowest BCUT2D eigenvalue weighted by atomic mass is 9.98. The van der Waals surface area contributed by atoms with Crippen LogP contribution in [0.5, 0.6) is 0 Å². The van der Waals surface area contributed by atoms with Gasteiger partial charge >= 0.3 is 6.18 Å². The Balaban J connectivity index is 2.83. The summed E-state index contributed by atoms with van der Waals surface area (Å²) in [7, 11) is 0. The minimum absolute atomic E-state index is 0.338. The molecule has 0 saturated carbocycles. The molecule has 96 valence electrons. The van der Waals surface area contributed by atoms with Crippen molar-refractivity contribution >= 4 is 0 Å². The largest absolute Gasteiger partial charge is 0.416 e. The Hall–Kier alpha value is -1.03. The lowest BCUT2D eigenvalue weighted by Gasteiger charge is -2.12. The second kappa shape index (κ2) is 5.54. The highest BCUT2D eigenvalue weighted by Crippen LogP contribution is 2.30.